The number of hydrogen-bond donors (Lipinski definition) is 1. The third-order valence-electron chi connectivity index (χ3n) is 2.03. The zero-order valence-corrected chi connectivity index (χ0v) is 9.67. The van der Waals surface area contributed by atoms with Crippen molar-refractivity contribution in [3.05, 3.63) is 28.2 Å². The Labute approximate surface area is 92.1 Å². The molecule has 14 heavy (non-hydrogen) atoms. The fraction of sp³-hybridized carbons (Fsp3) is 0.364. The van der Waals surface area contributed by atoms with Gasteiger partial charge in [-0.05, 0) is 40.5 Å². The standard InChI is InChI=1S/C11H13BrO2/c1-2-3-4-10(13)8-5-6-11(14)9(12)7-8/h5-7,14H,2-4H2,1H3. The van der Waals surface area contributed by atoms with E-state index in [1.807, 2.05) is 0 Å². The van der Waals surface area contributed by atoms with Crippen molar-refractivity contribution in [2.24, 2.45) is 0 Å². The van der Waals surface area contributed by atoms with Crippen LogP contribution in [0, 0.1) is 0 Å². The number of phenolic OH excluding ortho intramolecular Hbond substituents is 1. The highest BCUT2D eigenvalue weighted by Gasteiger charge is 2.07. The number of carbonyl (C=O) groups is 1. The number of rotatable bonds is 4. The molecule has 0 aliphatic carbocycles. The van der Waals surface area contributed by atoms with E-state index < -0.39 is 0 Å². The van der Waals surface area contributed by atoms with E-state index in [1.54, 1.807) is 12.1 Å². The van der Waals surface area contributed by atoms with Crippen LogP contribution in [0.3, 0.4) is 0 Å². The zero-order chi connectivity index (χ0) is 10.6. The highest BCUT2D eigenvalue weighted by Crippen LogP contribution is 2.24. The van der Waals surface area contributed by atoms with Crippen LogP contribution in [0.25, 0.3) is 0 Å². The lowest BCUT2D eigenvalue weighted by Gasteiger charge is -2.02. The fourth-order valence-corrected chi connectivity index (χ4v) is 1.54. The predicted molar refractivity (Wildman–Crippen MR) is 59.7 cm³/mol. The monoisotopic (exact) mass is 256 g/mol. The lowest BCUT2D eigenvalue weighted by atomic mass is 10.1. The topological polar surface area (TPSA) is 37.3 Å². The van der Waals surface area contributed by atoms with Crippen LogP contribution in [0.2, 0.25) is 0 Å². The first-order valence-electron chi connectivity index (χ1n) is 4.67. The Balaban J connectivity index is 2.76. The van der Waals surface area contributed by atoms with Gasteiger partial charge in [0.05, 0.1) is 4.47 Å². The summed E-state index contributed by atoms with van der Waals surface area (Å²) in [7, 11) is 0. The molecule has 0 saturated carbocycles. The molecule has 0 heterocycles. The second-order valence-electron chi connectivity index (χ2n) is 3.19. The first-order chi connectivity index (χ1) is 6.65. The van der Waals surface area contributed by atoms with Gasteiger partial charge in [-0.25, -0.2) is 0 Å². The number of benzene rings is 1. The summed E-state index contributed by atoms with van der Waals surface area (Å²) in [5, 5.41) is 9.24. The van der Waals surface area contributed by atoms with Crippen LogP contribution in [0.1, 0.15) is 36.5 Å². The van der Waals surface area contributed by atoms with E-state index >= 15 is 0 Å². The van der Waals surface area contributed by atoms with E-state index in [9.17, 15) is 9.90 Å². The van der Waals surface area contributed by atoms with Crippen molar-refractivity contribution in [2.45, 2.75) is 26.2 Å². The lowest BCUT2D eigenvalue weighted by molar-refractivity contribution is 0.0979. The average Bonchev–Trinajstić information content (AvgIpc) is 2.18. The predicted octanol–water partition coefficient (Wildman–Crippen LogP) is 3.53. The summed E-state index contributed by atoms with van der Waals surface area (Å²) in [6.07, 6.45) is 2.51. The summed E-state index contributed by atoms with van der Waals surface area (Å²) in [5.74, 6) is 0.296. The Kier molecular flexibility index (Phi) is 4.14. The van der Waals surface area contributed by atoms with Crippen molar-refractivity contribution >= 4 is 21.7 Å². The normalized spacial score (nSPS) is 10.1. The molecule has 0 aliphatic rings. The Morgan fingerprint density at radius 2 is 2.21 bits per heavy atom. The van der Waals surface area contributed by atoms with Crippen molar-refractivity contribution in [1.82, 2.24) is 0 Å². The molecule has 1 rings (SSSR count). The number of ketones is 1. The molecule has 0 saturated heterocycles. The quantitative estimate of drug-likeness (QED) is 0.838. The smallest absolute Gasteiger partial charge is 0.162 e. The number of carbonyl (C=O) groups excluding carboxylic acids is 1. The first-order valence-corrected chi connectivity index (χ1v) is 5.46. The van der Waals surface area contributed by atoms with Gasteiger partial charge in [0.25, 0.3) is 0 Å². The molecule has 2 nitrogen and oxygen atoms in total. The first kappa shape index (κ1) is 11.2. The van der Waals surface area contributed by atoms with Crippen LogP contribution in [0.5, 0.6) is 5.75 Å². The second-order valence-corrected chi connectivity index (χ2v) is 4.05. The van der Waals surface area contributed by atoms with Gasteiger partial charge >= 0.3 is 0 Å². The number of aromatic hydroxyl groups is 1. The molecule has 1 aromatic rings. The summed E-state index contributed by atoms with van der Waals surface area (Å²) >= 11 is 3.18. The van der Waals surface area contributed by atoms with E-state index in [0.717, 1.165) is 12.8 Å². The van der Waals surface area contributed by atoms with E-state index in [1.165, 1.54) is 6.07 Å². The minimum atomic E-state index is 0.132. The highest BCUT2D eigenvalue weighted by molar-refractivity contribution is 9.10. The van der Waals surface area contributed by atoms with Gasteiger partial charge < -0.3 is 5.11 Å². The summed E-state index contributed by atoms with van der Waals surface area (Å²) in [4.78, 5) is 11.6. The van der Waals surface area contributed by atoms with Crippen LogP contribution in [0.4, 0.5) is 0 Å². The third kappa shape index (κ3) is 2.84. The Morgan fingerprint density at radius 3 is 2.79 bits per heavy atom. The molecule has 76 valence electrons. The molecule has 0 aliphatic heterocycles. The van der Waals surface area contributed by atoms with Crippen molar-refractivity contribution in [2.75, 3.05) is 0 Å². The summed E-state index contributed by atoms with van der Waals surface area (Å²) in [6.45, 7) is 2.06. The maximum absolute atomic E-state index is 11.6. The Morgan fingerprint density at radius 1 is 1.50 bits per heavy atom. The molecule has 0 amide bonds. The van der Waals surface area contributed by atoms with E-state index in [-0.39, 0.29) is 11.5 Å². The fourth-order valence-electron chi connectivity index (χ4n) is 1.16. The molecule has 0 bridgehead atoms. The van der Waals surface area contributed by atoms with Crippen molar-refractivity contribution in [3.8, 4) is 5.75 Å². The maximum Gasteiger partial charge on any atom is 0.162 e. The maximum atomic E-state index is 11.6. The largest absolute Gasteiger partial charge is 0.507 e. The zero-order valence-electron chi connectivity index (χ0n) is 8.09. The third-order valence-corrected chi connectivity index (χ3v) is 2.66. The number of Topliss-reactive ketones (excluding diaryl/α,β-unsaturated/α-hetero) is 1. The van der Waals surface area contributed by atoms with Crippen LogP contribution >= 0.6 is 15.9 Å². The van der Waals surface area contributed by atoms with Gasteiger partial charge in [-0.15, -0.1) is 0 Å². The molecule has 0 fully saturated rings. The van der Waals surface area contributed by atoms with Crippen LogP contribution < -0.4 is 0 Å². The number of phenols is 1. The van der Waals surface area contributed by atoms with Gasteiger partial charge in [0, 0.05) is 12.0 Å². The van der Waals surface area contributed by atoms with Gasteiger partial charge in [-0.1, -0.05) is 13.3 Å². The average molecular weight is 257 g/mol. The van der Waals surface area contributed by atoms with Gasteiger partial charge in [-0.3, -0.25) is 4.79 Å². The van der Waals surface area contributed by atoms with Gasteiger partial charge in [0.15, 0.2) is 5.78 Å². The molecular weight excluding hydrogens is 244 g/mol. The minimum absolute atomic E-state index is 0.132. The second kappa shape index (κ2) is 5.15. The number of halogens is 1. The molecule has 1 aromatic carbocycles. The van der Waals surface area contributed by atoms with Crippen LogP contribution in [0.15, 0.2) is 22.7 Å². The minimum Gasteiger partial charge on any atom is -0.507 e. The highest BCUT2D eigenvalue weighted by atomic mass is 79.9. The molecule has 0 unspecified atom stereocenters. The molecule has 3 heteroatoms. The van der Waals surface area contributed by atoms with Gasteiger partial charge in [0.2, 0.25) is 0 Å². The van der Waals surface area contributed by atoms with Crippen LogP contribution in [-0.4, -0.2) is 10.9 Å². The molecule has 1 N–H and O–H groups in total. The summed E-state index contributed by atoms with van der Waals surface area (Å²) < 4.78 is 0.569. The Bertz CT molecular complexity index is 334. The lowest BCUT2D eigenvalue weighted by Crippen LogP contribution is -1.98. The molecule has 0 radical (unpaired) electrons. The molecule has 0 spiro atoms. The Hall–Kier alpha value is -0.830. The SMILES string of the molecule is CCCCC(=O)c1ccc(O)c(Br)c1. The summed E-state index contributed by atoms with van der Waals surface area (Å²) in [6, 6.07) is 4.84. The summed E-state index contributed by atoms with van der Waals surface area (Å²) in [5.41, 5.74) is 0.656. The van der Waals surface area contributed by atoms with Crippen molar-refractivity contribution in [3.63, 3.8) is 0 Å². The molecular formula is C11H13BrO2. The van der Waals surface area contributed by atoms with E-state index in [4.69, 9.17) is 0 Å². The van der Waals surface area contributed by atoms with E-state index in [2.05, 4.69) is 22.9 Å². The van der Waals surface area contributed by atoms with Gasteiger partial charge in [0.1, 0.15) is 5.75 Å². The van der Waals surface area contributed by atoms with Gasteiger partial charge in [-0.2, -0.15) is 0 Å². The van der Waals surface area contributed by atoms with Crippen LogP contribution in [-0.2, 0) is 0 Å². The van der Waals surface area contributed by atoms with E-state index in [0.29, 0.717) is 16.5 Å². The molecule has 0 aromatic heterocycles. The molecule has 0 atom stereocenters. The number of unbranched alkanes of at least 4 members (excludes halogenated alkanes) is 1. The van der Waals surface area contributed by atoms with Crippen molar-refractivity contribution in [1.29, 1.82) is 0 Å². The number of hydrogen-bond acceptors (Lipinski definition) is 2. The van der Waals surface area contributed by atoms with Crippen molar-refractivity contribution < 1.29 is 9.90 Å².